The van der Waals surface area contributed by atoms with Gasteiger partial charge in [-0.15, -0.1) is 0 Å². The average molecular weight is 167 g/mol. The number of hydrogen-bond acceptors (Lipinski definition) is 3. The van der Waals surface area contributed by atoms with E-state index in [9.17, 15) is 4.79 Å². The number of carbonyl (C=O) groups is 1. The van der Waals surface area contributed by atoms with Gasteiger partial charge in [0.2, 0.25) is 0 Å². The molecule has 1 atom stereocenters. The van der Waals surface area contributed by atoms with Crippen LogP contribution in [0.1, 0.15) is 25.1 Å². The first-order valence-electron chi connectivity index (χ1n) is 3.89. The number of carbonyl (C=O) groups excluding carboxylic acids is 1. The van der Waals surface area contributed by atoms with Gasteiger partial charge in [0.15, 0.2) is 0 Å². The van der Waals surface area contributed by atoms with Crippen molar-refractivity contribution in [2.24, 2.45) is 0 Å². The molecule has 0 saturated heterocycles. The van der Waals surface area contributed by atoms with E-state index in [1.54, 1.807) is 19.4 Å². The lowest BCUT2D eigenvalue weighted by Gasteiger charge is -2.11. The van der Waals surface area contributed by atoms with Crippen LogP contribution in [0, 0.1) is 0 Å². The van der Waals surface area contributed by atoms with Crippen LogP contribution in [0.3, 0.4) is 0 Å². The predicted molar refractivity (Wildman–Crippen MR) is 45.7 cm³/mol. The van der Waals surface area contributed by atoms with Crippen LogP contribution in [-0.2, 0) is 4.79 Å². The third kappa shape index (κ3) is 2.17. The zero-order chi connectivity index (χ0) is 8.97. The van der Waals surface area contributed by atoms with Gasteiger partial charge in [-0.25, -0.2) is 4.98 Å². The summed E-state index contributed by atoms with van der Waals surface area (Å²) >= 11 is 0. The molecule has 1 aromatic rings. The Morgan fingerprint density at radius 1 is 1.83 bits per heavy atom. The zero-order valence-electron chi connectivity index (χ0n) is 7.29. The Morgan fingerprint density at radius 3 is 3.00 bits per heavy atom. The fourth-order valence-corrected chi connectivity index (χ4v) is 1.11. The fraction of sp³-hybridized carbons (Fsp3) is 0.500. The van der Waals surface area contributed by atoms with E-state index in [-0.39, 0.29) is 11.8 Å². The quantitative estimate of drug-likeness (QED) is 0.692. The molecule has 1 unspecified atom stereocenters. The summed E-state index contributed by atoms with van der Waals surface area (Å²) in [6.45, 7) is 1.58. The highest BCUT2D eigenvalue weighted by Crippen LogP contribution is 2.12. The minimum Gasteiger partial charge on any atom is -0.347 e. The van der Waals surface area contributed by atoms with Crippen LogP contribution in [0.25, 0.3) is 0 Å². The number of aromatic amines is 1. The maximum atomic E-state index is 10.8. The molecule has 1 rings (SSSR count). The highest BCUT2D eigenvalue weighted by atomic mass is 16.1. The summed E-state index contributed by atoms with van der Waals surface area (Å²) in [5, 5.41) is 3.04. The van der Waals surface area contributed by atoms with Crippen molar-refractivity contribution >= 4 is 5.78 Å². The van der Waals surface area contributed by atoms with E-state index in [0.717, 1.165) is 5.69 Å². The minimum absolute atomic E-state index is 0.0602. The molecule has 66 valence electrons. The Balaban J connectivity index is 2.63. The highest BCUT2D eigenvalue weighted by Gasteiger charge is 2.11. The van der Waals surface area contributed by atoms with Crippen LogP contribution in [0.5, 0.6) is 0 Å². The minimum atomic E-state index is 0.0602. The molecule has 0 saturated carbocycles. The third-order valence-electron chi connectivity index (χ3n) is 1.73. The van der Waals surface area contributed by atoms with Crippen molar-refractivity contribution in [3.8, 4) is 0 Å². The molecule has 12 heavy (non-hydrogen) atoms. The number of aromatic nitrogens is 2. The smallest absolute Gasteiger partial charge is 0.131 e. The molecule has 0 radical (unpaired) electrons. The van der Waals surface area contributed by atoms with Gasteiger partial charge in [-0.3, -0.25) is 4.79 Å². The van der Waals surface area contributed by atoms with E-state index in [2.05, 4.69) is 15.3 Å². The molecular weight excluding hydrogens is 154 g/mol. The number of nitrogens with zero attached hydrogens (tertiary/aromatic N) is 1. The van der Waals surface area contributed by atoms with Crippen LogP contribution in [0.15, 0.2) is 12.5 Å². The molecule has 4 nitrogen and oxygen atoms in total. The monoisotopic (exact) mass is 167 g/mol. The Hall–Kier alpha value is -1.16. The van der Waals surface area contributed by atoms with Gasteiger partial charge in [0.25, 0.3) is 0 Å². The van der Waals surface area contributed by atoms with Crippen molar-refractivity contribution in [2.75, 3.05) is 7.05 Å². The van der Waals surface area contributed by atoms with E-state index >= 15 is 0 Å². The molecule has 1 aromatic heterocycles. The second-order valence-corrected chi connectivity index (χ2v) is 2.75. The van der Waals surface area contributed by atoms with E-state index < -0.39 is 0 Å². The van der Waals surface area contributed by atoms with Crippen LogP contribution < -0.4 is 5.32 Å². The number of H-pyrrole nitrogens is 1. The standard InChI is InChI=1S/C8H13N3O/c1-6(12)3-7(9-2)8-4-10-5-11-8/h4-5,7,9H,3H2,1-2H3,(H,10,11). The summed E-state index contributed by atoms with van der Waals surface area (Å²) in [5.74, 6) is 0.170. The summed E-state index contributed by atoms with van der Waals surface area (Å²) in [6.07, 6.45) is 3.84. The SMILES string of the molecule is CNC(CC(C)=O)c1cnc[nH]1. The first kappa shape index (κ1) is 8.93. The van der Waals surface area contributed by atoms with Gasteiger partial charge in [0, 0.05) is 12.6 Å². The summed E-state index contributed by atoms with van der Waals surface area (Å²) in [5.41, 5.74) is 0.952. The lowest BCUT2D eigenvalue weighted by atomic mass is 10.1. The van der Waals surface area contributed by atoms with E-state index in [1.807, 2.05) is 7.05 Å². The van der Waals surface area contributed by atoms with Crippen LogP contribution in [0.4, 0.5) is 0 Å². The first-order valence-corrected chi connectivity index (χ1v) is 3.89. The first-order chi connectivity index (χ1) is 5.74. The molecular formula is C8H13N3O. The largest absolute Gasteiger partial charge is 0.347 e. The number of Topliss-reactive ketones (excluding diaryl/α,β-unsaturated/α-hetero) is 1. The van der Waals surface area contributed by atoms with Crippen molar-refractivity contribution in [1.82, 2.24) is 15.3 Å². The molecule has 0 spiro atoms. The molecule has 4 heteroatoms. The number of imidazole rings is 1. The van der Waals surface area contributed by atoms with Crippen molar-refractivity contribution in [2.45, 2.75) is 19.4 Å². The molecule has 2 N–H and O–H groups in total. The predicted octanol–water partition coefficient (Wildman–Crippen LogP) is 0.649. The number of ketones is 1. The fourth-order valence-electron chi connectivity index (χ4n) is 1.11. The van der Waals surface area contributed by atoms with Gasteiger partial charge in [-0.2, -0.15) is 0 Å². The second kappa shape index (κ2) is 4.01. The Labute approximate surface area is 71.4 Å². The summed E-state index contributed by atoms with van der Waals surface area (Å²) in [4.78, 5) is 17.7. The maximum absolute atomic E-state index is 10.8. The molecule has 1 heterocycles. The summed E-state index contributed by atoms with van der Waals surface area (Å²) in [6, 6.07) is 0.0602. The van der Waals surface area contributed by atoms with Gasteiger partial charge in [-0.05, 0) is 14.0 Å². The van der Waals surface area contributed by atoms with Gasteiger partial charge in [-0.1, -0.05) is 0 Å². The van der Waals surface area contributed by atoms with Crippen LogP contribution >= 0.6 is 0 Å². The van der Waals surface area contributed by atoms with Gasteiger partial charge in [0.05, 0.1) is 18.1 Å². The number of nitrogens with one attached hydrogen (secondary N) is 2. The van der Waals surface area contributed by atoms with Crippen LogP contribution in [-0.4, -0.2) is 22.8 Å². The Morgan fingerprint density at radius 2 is 2.58 bits per heavy atom. The molecule has 0 aliphatic heterocycles. The third-order valence-corrected chi connectivity index (χ3v) is 1.73. The molecule has 0 aliphatic carbocycles. The van der Waals surface area contributed by atoms with Crippen molar-refractivity contribution in [1.29, 1.82) is 0 Å². The van der Waals surface area contributed by atoms with E-state index in [1.165, 1.54) is 0 Å². The normalized spacial score (nSPS) is 12.8. The average Bonchev–Trinajstić information content (AvgIpc) is 2.51. The van der Waals surface area contributed by atoms with Gasteiger partial charge < -0.3 is 10.3 Å². The van der Waals surface area contributed by atoms with E-state index in [0.29, 0.717) is 6.42 Å². The number of hydrogen-bond donors (Lipinski definition) is 2. The topological polar surface area (TPSA) is 57.8 Å². The van der Waals surface area contributed by atoms with Crippen molar-refractivity contribution in [3.63, 3.8) is 0 Å². The molecule has 0 amide bonds. The molecule has 0 bridgehead atoms. The Kier molecular flexibility index (Phi) is 2.99. The Bertz CT molecular complexity index is 243. The summed E-state index contributed by atoms with van der Waals surface area (Å²) < 4.78 is 0. The van der Waals surface area contributed by atoms with Gasteiger partial charge in [0.1, 0.15) is 5.78 Å². The van der Waals surface area contributed by atoms with Crippen molar-refractivity contribution in [3.05, 3.63) is 18.2 Å². The van der Waals surface area contributed by atoms with Crippen LogP contribution in [0.2, 0.25) is 0 Å². The highest BCUT2D eigenvalue weighted by molar-refractivity contribution is 5.76. The zero-order valence-corrected chi connectivity index (χ0v) is 7.29. The second-order valence-electron chi connectivity index (χ2n) is 2.75. The number of rotatable bonds is 4. The lowest BCUT2D eigenvalue weighted by molar-refractivity contribution is -0.117. The lowest BCUT2D eigenvalue weighted by Crippen LogP contribution is -2.19. The molecule has 0 aliphatic rings. The van der Waals surface area contributed by atoms with Crippen molar-refractivity contribution < 1.29 is 4.79 Å². The van der Waals surface area contributed by atoms with E-state index in [4.69, 9.17) is 0 Å². The molecule has 0 aromatic carbocycles. The van der Waals surface area contributed by atoms with Gasteiger partial charge >= 0.3 is 0 Å². The summed E-state index contributed by atoms with van der Waals surface area (Å²) in [7, 11) is 1.83. The maximum Gasteiger partial charge on any atom is 0.131 e. The molecule has 0 fully saturated rings.